The van der Waals surface area contributed by atoms with Gasteiger partial charge in [0.2, 0.25) is 0 Å². The molecule has 0 saturated carbocycles. The Bertz CT molecular complexity index is 1640. The fourth-order valence-electron chi connectivity index (χ4n) is 4.99. The van der Waals surface area contributed by atoms with Crippen LogP contribution in [-0.2, 0) is 6.42 Å². The molecule has 0 unspecified atom stereocenters. The first-order valence-corrected chi connectivity index (χ1v) is 12.5. The lowest BCUT2D eigenvalue weighted by Crippen LogP contribution is -2.04. The number of fused-ring (bicyclic) bond motifs is 2. The number of rotatable bonds is 8. The van der Waals surface area contributed by atoms with Gasteiger partial charge in [-0.1, -0.05) is 60.2 Å². The first-order chi connectivity index (χ1) is 17.9. The van der Waals surface area contributed by atoms with Crippen molar-refractivity contribution in [2.75, 3.05) is 6.61 Å². The number of hydrogen-bond acceptors (Lipinski definition) is 3. The predicted octanol–water partition coefficient (Wildman–Crippen LogP) is 7.82. The summed E-state index contributed by atoms with van der Waals surface area (Å²) in [5.74, 6) is -0.115. The topological polar surface area (TPSA) is 75.2 Å². The van der Waals surface area contributed by atoms with E-state index in [1.54, 1.807) is 0 Å². The fourth-order valence-corrected chi connectivity index (χ4v) is 4.99. The van der Waals surface area contributed by atoms with Crippen molar-refractivity contribution < 1.29 is 14.6 Å². The number of nitrogens with zero attached hydrogens (tertiary/aromatic N) is 1. The number of carboxylic acid groups (broad SMARTS) is 1. The number of aromatic amines is 1. The van der Waals surface area contributed by atoms with E-state index >= 15 is 0 Å². The first-order valence-electron chi connectivity index (χ1n) is 12.5. The minimum atomic E-state index is -0.959. The van der Waals surface area contributed by atoms with Gasteiger partial charge in [0, 0.05) is 28.1 Å². The maximum absolute atomic E-state index is 12.2. The van der Waals surface area contributed by atoms with Gasteiger partial charge in [-0.15, -0.1) is 0 Å². The molecule has 2 N–H and O–H groups in total. The largest absolute Gasteiger partial charge is 0.493 e. The summed E-state index contributed by atoms with van der Waals surface area (Å²) in [5, 5.41) is 13.2. The normalized spacial score (nSPS) is 11.1. The number of aromatic nitrogens is 2. The van der Waals surface area contributed by atoms with Crippen LogP contribution in [0.2, 0.25) is 0 Å². The van der Waals surface area contributed by atoms with Gasteiger partial charge >= 0.3 is 5.97 Å². The summed E-state index contributed by atoms with van der Waals surface area (Å²) in [6.07, 6.45) is 5.15. The molecule has 5 rings (SSSR count). The Morgan fingerprint density at radius 3 is 2.57 bits per heavy atom. The molecule has 0 aliphatic heterocycles. The minimum Gasteiger partial charge on any atom is -0.493 e. The number of ether oxygens (including phenoxy) is 1. The van der Waals surface area contributed by atoms with Gasteiger partial charge < -0.3 is 14.8 Å². The van der Waals surface area contributed by atoms with Crippen molar-refractivity contribution in [3.8, 4) is 16.9 Å². The van der Waals surface area contributed by atoms with E-state index in [0.717, 1.165) is 60.9 Å². The van der Waals surface area contributed by atoms with Gasteiger partial charge in [0.15, 0.2) is 0 Å². The zero-order valence-electron chi connectivity index (χ0n) is 21.3. The maximum Gasteiger partial charge on any atom is 0.352 e. The van der Waals surface area contributed by atoms with Crippen LogP contribution >= 0.6 is 0 Å². The van der Waals surface area contributed by atoms with Gasteiger partial charge in [0.25, 0.3) is 0 Å². The van der Waals surface area contributed by atoms with E-state index in [-0.39, 0.29) is 5.69 Å². The van der Waals surface area contributed by atoms with Gasteiger partial charge in [-0.2, -0.15) is 0 Å². The molecule has 5 heteroatoms. The van der Waals surface area contributed by atoms with Crippen molar-refractivity contribution in [1.82, 2.24) is 9.97 Å². The molecular weight excluding hydrogens is 460 g/mol. The third kappa shape index (κ3) is 4.85. The van der Waals surface area contributed by atoms with Crippen LogP contribution in [0.5, 0.6) is 5.75 Å². The van der Waals surface area contributed by atoms with Crippen molar-refractivity contribution in [3.63, 3.8) is 0 Å². The number of pyridine rings is 1. The smallest absolute Gasteiger partial charge is 0.352 e. The molecule has 0 amide bonds. The third-order valence-electron chi connectivity index (χ3n) is 6.62. The molecule has 2 heterocycles. The molecule has 0 radical (unpaired) electrons. The molecular formula is C32H30N2O3. The standard InChI is InChI=1S/C32H30N2O3/c1-20(2)19-27-29(21(3)16-17-33-27)26-13-7-12-24-25(31(32(35)36)34-30(24)26)14-8-18-37-28-15-6-10-22-9-4-5-11-23(22)28/h4-7,9-13,15-17,19,34H,8,14,18H2,1-3H3,(H,35,36). The summed E-state index contributed by atoms with van der Waals surface area (Å²) in [4.78, 5) is 20.1. The highest BCUT2D eigenvalue weighted by molar-refractivity contribution is 6.04. The van der Waals surface area contributed by atoms with Crippen molar-refractivity contribution in [2.24, 2.45) is 0 Å². The number of carboxylic acids is 1. The highest BCUT2D eigenvalue weighted by atomic mass is 16.5. The van der Waals surface area contributed by atoms with Crippen LogP contribution in [0, 0.1) is 6.92 Å². The van der Waals surface area contributed by atoms with Crippen LogP contribution in [-0.4, -0.2) is 27.7 Å². The van der Waals surface area contributed by atoms with Crippen LogP contribution in [0.15, 0.2) is 78.5 Å². The molecule has 0 aliphatic rings. The van der Waals surface area contributed by atoms with Crippen LogP contribution in [0.4, 0.5) is 0 Å². The summed E-state index contributed by atoms with van der Waals surface area (Å²) >= 11 is 0. The summed E-state index contributed by atoms with van der Waals surface area (Å²) < 4.78 is 6.12. The zero-order valence-corrected chi connectivity index (χ0v) is 21.3. The van der Waals surface area contributed by atoms with E-state index < -0.39 is 5.97 Å². The van der Waals surface area contributed by atoms with Crippen LogP contribution in [0.25, 0.3) is 38.9 Å². The molecule has 0 fully saturated rings. The van der Waals surface area contributed by atoms with E-state index in [0.29, 0.717) is 19.4 Å². The Balaban J connectivity index is 1.47. The lowest BCUT2D eigenvalue weighted by Gasteiger charge is -2.12. The van der Waals surface area contributed by atoms with Crippen LogP contribution in [0.1, 0.15) is 47.6 Å². The Morgan fingerprint density at radius 1 is 1.00 bits per heavy atom. The van der Waals surface area contributed by atoms with Crippen LogP contribution in [0.3, 0.4) is 0 Å². The lowest BCUT2D eigenvalue weighted by atomic mass is 9.95. The van der Waals surface area contributed by atoms with E-state index in [1.165, 1.54) is 0 Å². The maximum atomic E-state index is 12.2. The number of allylic oxidation sites excluding steroid dienone is 1. The summed E-state index contributed by atoms with van der Waals surface area (Å²) in [6.45, 7) is 6.64. The van der Waals surface area contributed by atoms with E-state index in [4.69, 9.17) is 4.74 Å². The van der Waals surface area contributed by atoms with E-state index in [2.05, 4.69) is 41.2 Å². The van der Waals surface area contributed by atoms with Crippen molar-refractivity contribution >= 4 is 33.7 Å². The van der Waals surface area contributed by atoms with Gasteiger partial charge in [0.05, 0.1) is 17.8 Å². The van der Waals surface area contributed by atoms with Crippen molar-refractivity contribution in [3.05, 3.63) is 101 Å². The Kier molecular flexibility index (Phi) is 6.78. The molecule has 5 nitrogen and oxygen atoms in total. The number of hydrogen-bond donors (Lipinski definition) is 2. The third-order valence-corrected chi connectivity index (χ3v) is 6.62. The summed E-state index contributed by atoms with van der Waals surface area (Å²) in [7, 11) is 0. The van der Waals surface area contributed by atoms with Crippen molar-refractivity contribution in [2.45, 2.75) is 33.6 Å². The number of benzene rings is 3. The van der Waals surface area contributed by atoms with E-state index in [9.17, 15) is 9.90 Å². The minimum absolute atomic E-state index is 0.234. The van der Waals surface area contributed by atoms with Gasteiger partial charge in [0.1, 0.15) is 11.4 Å². The second-order valence-corrected chi connectivity index (χ2v) is 9.55. The molecule has 0 spiro atoms. The highest BCUT2D eigenvalue weighted by Crippen LogP contribution is 2.36. The molecule has 0 bridgehead atoms. The Hall–Kier alpha value is -4.38. The number of nitrogens with one attached hydrogen (secondary N) is 1. The monoisotopic (exact) mass is 490 g/mol. The molecule has 37 heavy (non-hydrogen) atoms. The molecule has 186 valence electrons. The van der Waals surface area contributed by atoms with Crippen molar-refractivity contribution in [1.29, 1.82) is 0 Å². The first kappa shape index (κ1) is 24.3. The Labute approximate surface area is 216 Å². The van der Waals surface area contributed by atoms with Gasteiger partial charge in [-0.3, -0.25) is 4.98 Å². The molecule has 0 saturated heterocycles. The molecule has 3 aromatic carbocycles. The molecule has 0 atom stereocenters. The second-order valence-electron chi connectivity index (χ2n) is 9.55. The summed E-state index contributed by atoms with van der Waals surface area (Å²) in [6, 6.07) is 22.2. The predicted molar refractivity (Wildman–Crippen MR) is 150 cm³/mol. The quantitative estimate of drug-likeness (QED) is 0.217. The Morgan fingerprint density at radius 2 is 1.76 bits per heavy atom. The SMILES string of the molecule is CC(C)=Cc1nccc(C)c1-c1cccc2c(CCCOc3cccc4ccccc34)c(C(=O)O)[nH]c12. The van der Waals surface area contributed by atoms with E-state index in [1.807, 2.05) is 68.6 Å². The highest BCUT2D eigenvalue weighted by Gasteiger charge is 2.20. The fraction of sp³-hybridized carbons (Fsp3) is 0.188. The average molecular weight is 491 g/mol. The number of aryl methyl sites for hydroxylation is 2. The molecule has 5 aromatic rings. The number of para-hydroxylation sites is 1. The number of carbonyl (C=O) groups is 1. The number of aromatic carboxylic acids is 1. The van der Waals surface area contributed by atoms with Gasteiger partial charge in [-0.25, -0.2) is 4.79 Å². The second kappa shape index (κ2) is 10.3. The van der Waals surface area contributed by atoms with Gasteiger partial charge in [-0.05, 0) is 68.3 Å². The lowest BCUT2D eigenvalue weighted by molar-refractivity contribution is 0.0690. The summed E-state index contributed by atoms with van der Waals surface area (Å²) in [5.41, 5.74) is 6.94. The molecule has 2 aromatic heterocycles. The zero-order chi connectivity index (χ0) is 25.9. The van der Waals surface area contributed by atoms with Crippen LogP contribution < -0.4 is 4.74 Å². The molecule has 0 aliphatic carbocycles. The number of H-pyrrole nitrogens is 1. The average Bonchev–Trinajstić information content (AvgIpc) is 3.26.